The van der Waals surface area contributed by atoms with Gasteiger partial charge in [-0.2, -0.15) is 4.98 Å². The summed E-state index contributed by atoms with van der Waals surface area (Å²) < 4.78 is 11.3. The SMILES string of the molecule is CNc1cccc(OC2CCCC(OC)C2)n1. The first-order chi connectivity index (χ1) is 8.31. The highest BCUT2D eigenvalue weighted by Gasteiger charge is 2.23. The summed E-state index contributed by atoms with van der Waals surface area (Å²) in [6.45, 7) is 0. The lowest BCUT2D eigenvalue weighted by Gasteiger charge is -2.28. The van der Waals surface area contributed by atoms with Crippen LogP contribution in [0.2, 0.25) is 0 Å². The fraction of sp³-hybridized carbons (Fsp3) is 0.615. The molecule has 2 rings (SSSR count). The number of nitrogens with one attached hydrogen (secondary N) is 1. The summed E-state index contributed by atoms with van der Waals surface area (Å²) in [6.07, 6.45) is 4.91. The third-order valence-electron chi connectivity index (χ3n) is 3.18. The van der Waals surface area contributed by atoms with E-state index < -0.39 is 0 Å². The summed E-state index contributed by atoms with van der Waals surface area (Å²) in [7, 11) is 3.63. The average molecular weight is 236 g/mol. The average Bonchev–Trinajstić information content (AvgIpc) is 2.39. The Morgan fingerprint density at radius 2 is 2.12 bits per heavy atom. The summed E-state index contributed by atoms with van der Waals surface area (Å²) >= 11 is 0. The largest absolute Gasteiger partial charge is 0.474 e. The van der Waals surface area contributed by atoms with Crippen molar-refractivity contribution >= 4 is 5.82 Å². The number of ether oxygens (including phenoxy) is 2. The van der Waals surface area contributed by atoms with Crippen molar-refractivity contribution in [1.29, 1.82) is 0 Å². The summed E-state index contributed by atoms with van der Waals surface area (Å²) in [5.74, 6) is 1.53. The zero-order chi connectivity index (χ0) is 12.1. The maximum Gasteiger partial charge on any atom is 0.215 e. The molecule has 0 aromatic carbocycles. The normalized spacial score (nSPS) is 24.4. The Labute approximate surface area is 102 Å². The van der Waals surface area contributed by atoms with Crippen molar-refractivity contribution < 1.29 is 9.47 Å². The van der Waals surface area contributed by atoms with Crippen LogP contribution in [0, 0.1) is 0 Å². The van der Waals surface area contributed by atoms with E-state index in [4.69, 9.17) is 9.47 Å². The molecule has 1 aromatic rings. The smallest absolute Gasteiger partial charge is 0.215 e. The second-order valence-electron chi connectivity index (χ2n) is 4.38. The molecule has 0 bridgehead atoms. The van der Waals surface area contributed by atoms with Crippen LogP contribution in [0.15, 0.2) is 18.2 Å². The zero-order valence-corrected chi connectivity index (χ0v) is 10.5. The van der Waals surface area contributed by atoms with Crippen molar-refractivity contribution in [3.05, 3.63) is 18.2 Å². The van der Waals surface area contributed by atoms with Crippen LogP contribution in [0.4, 0.5) is 5.82 Å². The van der Waals surface area contributed by atoms with Crippen LogP contribution in [0.3, 0.4) is 0 Å². The molecule has 4 nitrogen and oxygen atoms in total. The predicted octanol–water partition coefficient (Wildman–Crippen LogP) is 2.46. The van der Waals surface area contributed by atoms with Gasteiger partial charge in [0.25, 0.3) is 0 Å². The van der Waals surface area contributed by atoms with E-state index in [1.54, 1.807) is 7.11 Å². The third kappa shape index (κ3) is 3.33. The lowest BCUT2D eigenvalue weighted by molar-refractivity contribution is 0.0196. The van der Waals surface area contributed by atoms with Crippen molar-refractivity contribution in [2.24, 2.45) is 0 Å². The molecular weight excluding hydrogens is 216 g/mol. The van der Waals surface area contributed by atoms with Gasteiger partial charge in [-0.25, -0.2) is 0 Å². The molecule has 0 saturated heterocycles. The minimum atomic E-state index is 0.230. The van der Waals surface area contributed by atoms with Gasteiger partial charge in [0.15, 0.2) is 0 Å². The molecule has 17 heavy (non-hydrogen) atoms. The molecule has 0 amide bonds. The van der Waals surface area contributed by atoms with E-state index in [1.165, 1.54) is 0 Å². The molecule has 94 valence electrons. The van der Waals surface area contributed by atoms with Gasteiger partial charge in [-0.3, -0.25) is 0 Å². The topological polar surface area (TPSA) is 43.4 Å². The first-order valence-corrected chi connectivity index (χ1v) is 6.16. The Hall–Kier alpha value is -1.29. The Kier molecular flexibility index (Phi) is 4.20. The second kappa shape index (κ2) is 5.87. The summed E-state index contributed by atoms with van der Waals surface area (Å²) in [4.78, 5) is 4.36. The highest BCUT2D eigenvalue weighted by Crippen LogP contribution is 2.24. The maximum absolute atomic E-state index is 5.90. The van der Waals surface area contributed by atoms with Crippen LogP contribution < -0.4 is 10.1 Å². The molecule has 4 heteroatoms. The van der Waals surface area contributed by atoms with Gasteiger partial charge in [-0.1, -0.05) is 6.07 Å². The van der Waals surface area contributed by atoms with Gasteiger partial charge in [0, 0.05) is 26.6 Å². The number of hydrogen-bond acceptors (Lipinski definition) is 4. The lowest BCUT2D eigenvalue weighted by atomic mass is 9.95. The van der Waals surface area contributed by atoms with Crippen molar-refractivity contribution in [1.82, 2.24) is 4.98 Å². The lowest BCUT2D eigenvalue weighted by Crippen LogP contribution is -2.29. The molecule has 2 unspecified atom stereocenters. The number of rotatable bonds is 4. The molecule has 1 aromatic heterocycles. The van der Waals surface area contributed by atoms with Crippen molar-refractivity contribution in [2.75, 3.05) is 19.5 Å². The molecule has 0 radical (unpaired) electrons. The number of aromatic nitrogens is 1. The molecule has 0 aliphatic heterocycles. The van der Waals surface area contributed by atoms with E-state index in [2.05, 4.69) is 10.3 Å². The van der Waals surface area contributed by atoms with Crippen molar-refractivity contribution in [3.8, 4) is 5.88 Å². The molecule has 1 fully saturated rings. The standard InChI is InChI=1S/C13H20N2O2/c1-14-12-7-4-8-13(15-12)17-11-6-3-5-10(9-11)16-2/h4,7-8,10-11H,3,5-6,9H2,1-2H3,(H,14,15). The highest BCUT2D eigenvalue weighted by atomic mass is 16.5. The van der Waals surface area contributed by atoms with E-state index in [-0.39, 0.29) is 6.10 Å². The Bertz CT molecular complexity index is 357. The van der Waals surface area contributed by atoms with Crippen LogP contribution in [-0.2, 0) is 4.74 Å². The molecule has 1 N–H and O–H groups in total. The number of methoxy groups -OCH3 is 1. The van der Waals surface area contributed by atoms with Gasteiger partial charge in [0.1, 0.15) is 11.9 Å². The summed E-state index contributed by atoms with van der Waals surface area (Å²) in [5, 5.41) is 3.01. The Morgan fingerprint density at radius 3 is 2.88 bits per heavy atom. The van der Waals surface area contributed by atoms with Crippen LogP contribution in [-0.4, -0.2) is 31.3 Å². The Balaban J connectivity index is 1.95. The minimum absolute atomic E-state index is 0.230. The molecule has 1 saturated carbocycles. The molecule has 1 heterocycles. The highest BCUT2D eigenvalue weighted by molar-refractivity contribution is 5.36. The summed E-state index contributed by atoms with van der Waals surface area (Å²) in [5.41, 5.74) is 0. The molecular formula is C13H20N2O2. The van der Waals surface area contributed by atoms with E-state index in [0.29, 0.717) is 12.0 Å². The zero-order valence-electron chi connectivity index (χ0n) is 10.5. The monoisotopic (exact) mass is 236 g/mol. The predicted molar refractivity (Wildman–Crippen MR) is 67.5 cm³/mol. The van der Waals surface area contributed by atoms with E-state index in [0.717, 1.165) is 31.5 Å². The summed E-state index contributed by atoms with van der Waals surface area (Å²) in [6, 6.07) is 5.77. The Morgan fingerprint density at radius 1 is 1.29 bits per heavy atom. The van der Waals surface area contributed by atoms with E-state index in [1.807, 2.05) is 25.2 Å². The number of pyridine rings is 1. The number of nitrogens with zero attached hydrogens (tertiary/aromatic N) is 1. The maximum atomic E-state index is 5.90. The molecule has 1 aliphatic rings. The molecule has 0 spiro atoms. The van der Waals surface area contributed by atoms with Gasteiger partial charge in [-0.05, 0) is 25.3 Å². The molecule has 2 atom stereocenters. The first kappa shape index (κ1) is 12.2. The van der Waals surface area contributed by atoms with Gasteiger partial charge in [0.2, 0.25) is 5.88 Å². The van der Waals surface area contributed by atoms with E-state index in [9.17, 15) is 0 Å². The van der Waals surface area contributed by atoms with Crippen molar-refractivity contribution in [2.45, 2.75) is 37.9 Å². The number of anilines is 1. The van der Waals surface area contributed by atoms with Crippen molar-refractivity contribution in [3.63, 3.8) is 0 Å². The number of hydrogen-bond donors (Lipinski definition) is 1. The fourth-order valence-corrected chi connectivity index (χ4v) is 2.21. The third-order valence-corrected chi connectivity index (χ3v) is 3.18. The van der Waals surface area contributed by atoms with Gasteiger partial charge >= 0.3 is 0 Å². The van der Waals surface area contributed by atoms with Crippen LogP contribution >= 0.6 is 0 Å². The van der Waals surface area contributed by atoms with Crippen LogP contribution in [0.25, 0.3) is 0 Å². The van der Waals surface area contributed by atoms with Crippen LogP contribution in [0.5, 0.6) is 5.88 Å². The minimum Gasteiger partial charge on any atom is -0.474 e. The quantitative estimate of drug-likeness (QED) is 0.872. The van der Waals surface area contributed by atoms with Gasteiger partial charge in [-0.15, -0.1) is 0 Å². The second-order valence-corrected chi connectivity index (χ2v) is 4.38. The van der Waals surface area contributed by atoms with Gasteiger partial charge < -0.3 is 14.8 Å². The van der Waals surface area contributed by atoms with Crippen LogP contribution in [0.1, 0.15) is 25.7 Å². The van der Waals surface area contributed by atoms with Gasteiger partial charge in [0.05, 0.1) is 6.10 Å². The molecule has 1 aliphatic carbocycles. The fourth-order valence-electron chi connectivity index (χ4n) is 2.21. The van der Waals surface area contributed by atoms with E-state index >= 15 is 0 Å². The first-order valence-electron chi connectivity index (χ1n) is 6.16.